The molecule has 1 aromatic heterocycles. The lowest BCUT2D eigenvalue weighted by Gasteiger charge is -2.29. The Morgan fingerprint density at radius 1 is 1.33 bits per heavy atom. The van der Waals surface area contributed by atoms with E-state index in [4.69, 9.17) is 0 Å². The van der Waals surface area contributed by atoms with E-state index in [1.165, 1.54) is 0 Å². The molecule has 1 aliphatic heterocycles. The highest BCUT2D eigenvalue weighted by atomic mass is 16.4. The van der Waals surface area contributed by atoms with Crippen molar-refractivity contribution < 1.29 is 9.90 Å². The lowest BCUT2D eigenvalue weighted by molar-refractivity contribution is -0.150. The third-order valence-corrected chi connectivity index (χ3v) is 4.78. The first-order valence-corrected chi connectivity index (χ1v) is 7.37. The summed E-state index contributed by atoms with van der Waals surface area (Å²) in [5.41, 5.74) is -0.668. The van der Waals surface area contributed by atoms with Crippen LogP contribution in [0.4, 0.5) is 5.82 Å². The van der Waals surface area contributed by atoms with Crippen LogP contribution in [0.25, 0.3) is 10.8 Å². The number of fused-ring (bicyclic) bond motifs is 1. The van der Waals surface area contributed by atoms with Gasteiger partial charge in [0.2, 0.25) is 0 Å². The van der Waals surface area contributed by atoms with Gasteiger partial charge in [-0.15, -0.1) is 0 Å². The minimum absolute atomic E-state index is 0.106. The fourth-order valence-electron chi connectivity index (χ4n) is 3.26. The van der Waals surface area contributed by atoms with Gasteiger partial charge in [-0.25, -0.2) is 4.98 Å². The van der Waals surface area contributed by atoms with Crippen LogP contribution in [0, 0.1) is 11.3 Å². The molecule has 4 nitrogen and oxygen atoms in total. The quantitative estimate of drug-likeness (QED) is 0.940. The number of hydrogen-bond donors (Lipinski definition) is 1. The second kappa shape index (κ2) is 5.02. The topological polar surface area (TPSA) is 53.4 Å². The largest absolute Gasteiger partial charge is 0.481 e. The molecule has 1 N–H and O–H groups in total. The van der Waals surface area contributed by atoms with Crippen LogP contribution in [-0.2, 0) is 4.79 Å². The molecule has 21 heavy (non-hydrogen) atoms. The smallest absolute Gasteiger partial charge is 0.311 e. The zero-order valence-electron chi connectivity index (χ0n) is 12.4. The number of anilines is 1. The first kappa shape index (κ1) is 13.9. The minimum atomic E-state index is -0.694. The predicted molar refractivity (Wildman–Crippen MR) is 83.5 cm³/mol. The highest BCUT2D eigenvalue weighted by molar-refractivity contribution is 5.92. The van der Waals surface area contributed by atoms with E-state index in [0.717, 1.165) is 23.1 Å². The molecule has 1 unspecified atom stereocenters. The van der Waals surface area contributed by atoms with Crippen LogP contribution < -0.4 is 4.90 Å². The lowest BCUT2D eigenvalue weighted by Crippen LogP contribution is -2.39. The van der Waals surface area contributed by atoms with Crippen LogP contribution in [-0.4, -0.2) is 29.1 Å². The summed E-state index contributed by atoms with van der Waals surface area (Å²) < 4.78 is 0. The van der Waals surface area contributed by atoms with Crippen molar-refractivity contribution in [1.82, 2.24) is 4.98 Å². The number of nitrogens with zero attached hydrogens (tertiary/aromatic N) is 2. The van der Waals surface area contributed by atoms with E-state index in [1.54, 1.807) is 6.20 Å². The number of carboxylic acids is 1. The van der Waals surface area contributed by atoms with Crippen molar-refractivity contribution in [2.24, 2.45) is 11.3 Å². The Morgan fingerprint density at radius 2 is 2.10 bits per heavy atom. The Hall–Kier alpha value is -2.10. The van der Waals surface area contributed by atoms with Crippen LogP contribution in [0.1, 0.15) is 20.3 Å². The van der Waals surface area contributed by atoms with Crippen molar-refractivity contribution in [3.05, 3.63) is 36.5 Å². The number of benzene rings is 1. The zero-order valence-corrected chi connectivity index (χ0v) is 12.4. The summed E-state index contributed by atoms with van der Waals surface area (Å²) in [5.74, 6) is 0.312. The Kier molecular flexibility index (Phi) is 3.32. The van der Waals surface area contributed by atoms with Gasteiger partial charge in [-0.05, 0) is 23.8 Å². The highest BCUT2D eigenvalue weighted by Crippen LogP contribution is 2.40. The van der Waals surface area contributed by atoms with Crippen molar-refractivity contribution in [3.8, 4) is 0 Å². The summed E-state index contributed by atoms with van der Waals surface area (Å²) in [6.45, 7) is 5.26. The van der Waals surface area contributed by atoms with Gasteiger partial charge in [0, 0.05) is 24.7 Å². The highest BCUT2D eigenvalue weighted by Gasteiger charge is 2.47. The molecule has 4 heteroatoms. The van der Waals surface area contributed by atoms with Gasteiger partial charge in [0.05, 0.1) is 5.41 Å². The molecule has 1 aromatic carbocycles. The Morgan fingerprint density at radius 3 is 2.76 bits per heavy atom. The Balaban J connectivity index is 2.00. The standard InChI is InChI=1S/C17H20N2O2/c1-12(2)17(16(20)21)8-10-19(11-17)15-14-6-4-3-5-13(14)7-9-18-15/h3-7,9,12H,8,10-11H2,1-2H3,(H,20,21). The summed E-state index contributed by atoms with van der Waals surface area (Å²) in [6.07, 6.45) is 2.47. The first-order valence-electron chi connectivity index (χ1n) is 7.37. The number of hydrogen-bond acceptors (Lipinski definition) is 3. The molecular formula is C17H20N2O2. The number of aromatic nitrogens is 1. The van der Waals surface area contributed by atoms with Crippen molar-refractivity contribution in [2.75, 3.05) is 18.0 Å². The van der Waals surface area contributed by atoms with E-state index >= 15 is 0 Å². The van der Waals surface area contributed by atoms with Crippen molar-refractivity contribution in [3.63, 3.8) is 0 Å². The maximum absolute atomic E-state index is 11.8. The molecule has 1 saturated heterocycles. The maximum Gasteiger partial charge on any atom is 0.311 e. The number of pyridine rings is 1. The molecule has 0 radical (unpaired) electrons. The third-order valence-electron chi connectivity index (χ3n) is 4.78. The average Bonchev–Trinajstić information content (AvgIpc) is 2.93. The van der Waals surface area contributed by atoms with E-state index in [-0.39, 0.29) is 5.92 Å². The van der Waals surface area contributed by atoms with E-state index in [0.29, 0.717) is 13.0 Å². The van der Waals surface area contributed by atoms with Crippen molar-refractivity contribution >= 4 is 22.6 Å². The van der Waals surface area contributed by atoms with Gasteiger partial charge in [-0.1, -0.05) is 38.1 Å². The molecule has 1 fully saturated rings. The fourth-order valence-corrected chi connectivity index (χ4v) is 3.26. The molecule has 110 valence electrons. The SMILES string of the molecule is CC(C)C1(C(=O)O)CCN(c2nccc3ccccc23)C1. The average molecular weight is 284 g/mol. The van der Waals surface area contributed by atoms with Gasteiger partial charge in [0.1, 0.15) is 5.82 Å². The van der Waals surface area contributed by atoms with Crippen LogP contribution in [0.3, 0.4) is 0 Å². The summed E-state index contributed by atoms with van der Waals surface area (Å²) in [6, 6.07) is 10.1. The maximum atomic E-state index is 11.8. The van der Waals surface area contributed by atoms with Gasteiger partial charge in [0.25, 0.3) is 0 Å². The third kappa shape index (κ3) is 2.15. The van der Waals surface area contributed by atoms with Crippen LogP contribution in [0.5, 0.6) is 0 Å². The summed E-state index contributed by atoms with van der Waals surface area (Å²) in [7, 11) is 0. The predicted octanol–water partition coefficient (Wildman–Crippen LogP) is 3.17. The summed E-state index contributed by atoms with van der Waals surface area (Å²) in [5, 5.41) is 11.9. The second-order valence-electron chi connectivity index (χ2n) is 6.14. The van der Waals surface area contributed by atoms with E-state index in [2.05, 4.69) is 16.0 Å². The Bertz CT molecular complexity index is 678. The molecule has 3 rings (SSSR count). The van der Waals surface area contributed by atoms with Gasteiger partial charge in [-0.2, -0.15) is 0 Å². The van der Waals surface area contributed by atoms with Gasteiger partial charge in [-0.3, -0.25) is 4.79 Å². The van der Waals surface area contributed by atoms with Crippen LogP contribution in [0.2, 0.25) is 0 Å². The second-order valence-corrected chi connectivity index (χ2v) is 6.14. The molecule has 0 bridgehead atoms. The molecule has 0 amide bonds. The van der Waals surface area contributed by atoms with Gasteiger partial charge < -0.3 is 10.0 Å². The molecule has 0 saturated carbocycles. The number of aliphatic carboxylic acids is 1. The summed E-state index contributed by atoms with van der Waals surface area (Å²) >= 11 is 0. The van der Waals surface area contributed by atoms with E-state index < -0.39 is 11.4 Å². The number of rotatable bonds is 3. The molecule has 1 aliphatic rings. The van der Waals surface area contributed by atoms with Crippen molar-refractivity contribution in [1.29, 1.82) is 0 Å². The Labute approximate surface area is 124 Å². The minimum Gasteiger partial charge on any atom is -0.481 e. The van der Waals surface area contributed by atoms with Crippen LogP contribution in [0.15, 0.2) is 36.5 Å². The molecule has 2 heterocycles. The van der Waals surface area contributed by atoms with Gasteiger partial charge in [0.15, 0.2) is 0 Å². The molecule has 1 atom stereocenters. The van der Waals surface area contributed by atoms with Crippen LogP contribution >= 0.6 is 0 Å². The fraction of sp³-hybridized carbons (Fsp3) is 0.412. The zero-order chi connectivity index (χ0) is 15.0. The summed E-state index contributed by atoms with van der Waals surface area (Å²) in [4.78, 5) is 18.4. The van der Waals surface area contributed by atoms with Gasteiger partial charge >= 0.3 is 5.97 Å². The van der Waals surface area contributed by atoms with E-state index in [9.17, 15) is 9.90 Å². The molecule has 0 aliphatic carbocycles. The first-order chi connectivity index (χ1) is 10.0. The number of carboxylic acid groups (broad SMARTS) is 1. The monoisotopic (exact) mass is 284 g/mol. The van der Waals surface area contributed by atoms with Crippen molar-refractivity contribution in [2.45, 2.75) is 20.3 Å². The lowest BCUT2D eigenvalue weighted by atomic mass is 9.76. The molecule has 2 aromatic rings. The molecule has 0 spiro atoms. The normalized spacial score (nSPS) is 22.1. The molecular weight excluding hydrogens is 264 g/mol. The number of carbonyl (C=O) groups is 1. The van der Waals surface area contributed by atoms with E-state index in [1.807, 2.05) is 38.1 Å².